The molecule has 1 aromatic heterocycles. The van der Waals surface area contributed by atoms with Gasteiger partial charge in [0.05, 0.1) is 24.2 Å². The molecule has 0 aliphatic carbocycles. The van der Waals surface area contributed by atoms with E-state index in [4.69, 9.17) is 5.11 Å². The molecular formula is C15H14N2O2. The van der Waals surface area contributed by atoms with Crippen LogP contribution in [0, 0.1) is 0 Å². The van der Waals surface area contributed by atoms with Crippen molar-refractivity contribution >= 4 is 11.0 Å². The fourth-order valence-electron chi connectivity index (χ4n) is 2.20. The molecular weight excluding hydrogens is 240 g/mol. The van der Waals surface area contributed by atoms with Crippen molar-refractivity contribution in [1.82, 2.24) is 9.55 Å². The molecule has 0 amide bonds. The van der Waals surface area contributed by atoms with Crippen molar-refractivity contribution < 1.29 is 5.11 Å². The summed E-state index contributed by atoms with van der Waals surface area (Å²) in [5.74, 6) is 0. The molecule has 0 spiro atoms. The predicted molar refractivity (Wildman–Crippen MR) is 74.0 cm³/mol. The minimum absolute atomic E-state index is 0.0350. The summed E-state index contributed by atoms with van der Waals surface area (Å²) in [6.07, 6.45) is 0. The number of aromatic amines is 1. The molecule has 96 valence electrons. The van der Waals surface area contributed by atoms with Crippen LogP contribution in [-0.2, 0) is 13.2 Å². The maximum atomic E-state index is 11.9. The predicted octanol–water partition coefficient (Wildman–Crippen LogP) is 1.87. The van der Waals surface area contributed by atoms with Gasteiger partial charge in [-0.1, -0.05) is 36.4 Å². The van der Waals surface area contributed by atoms with Crippen molar-refractivity contribution in [2.45, 2.75) is 13.2 Å². The van der Waals surface area contributed by atoms with Gasteiger partial charge in [0.2, 0.25) is 0 Å². The molecule has 0 saturated carbocycles. The summed E-state index contributed by atoms with van der Waals surface area (Å²) in [5, 5.41) is 9.01. The number of hydrogen-bond donors (Lipinski definition) is 2. The van der Waals surface area contributed by atoms with Gasteiger partial charge in [0.25, 0.3) is 0 Å². The number of hydrogen-bond acceptors (Lipinski definition) is 2. The highest BCUT2D eigenvalue weighted by molar-refractivity contribution is 5.75. The van der Waals surface area contributed by atoms with E-state index < -0.39 is 0 Å². The molecule has 1 heterocycles. The third-order valence-electron chi connectivity index (χ3n) is 3.23. The average molecular weight is 254 g/mol. The number of nitrogens with one attached hydrogen (secondary N) is 1. The van der Waals surface area contributed by atoms with Gasteiger partial charge in [-0.05, 0) is 23.3 Å². The van der Waals surface area contributed by atoms with Crippen molar-refractivity contribution in [2.75, 3.05) is 0 Å². The summed E-state index contributed by atoms with van der Waals surface area (Å²) in [6.45, 7) is 0.557. The summed E-state index contributed by atoms with van der Waals surface area (Å²) in [5.41, 5.74) is 3.55. The van der Waals surface area contributed by atoms with E-state index in [1.807, 2.05) is 48.5 Å². The fraction of sp³-hybridized carbons (Fsp3) is 0.133. The average Bonchev–Trinajstić information content (AvgIpc) is 2.76. The molecule has 19 heavy (non-hydrogen) atoms. The van der Waals surface area contributed by atoms with Gasteiger partial charge in [0, 0.05) is 0 Å². The van der Waals surface area contributed by atoms with Crippen LogP contribution in [0.15, 0.2) is 53.3 Å². The Bertz CT molecular complexity index is 754. The van der Waals surface area contributed by atoms with Gasteiger partial charge in [0.1, 0.15) is 0 Å². The SMILES string of the molecule is O=c1[nH]c2ccccc2n1Cc1ccc(CO)cc1. The van der Waals surface area contributed by atoms with Crippen LogP contribution in [0.4, 0.5) is 0 Å². The van der Waals surface area contributed by atoms with Gasteiger partial charge in [-0.2, -0.15) is 0 Å². The van der Waals surface area contributed by atoms with Crippen LogP contribution < -0.4 is 5.69 Å². The second-order valence-corrected chi connectivity index (χ2v) is 4.51. The summed E-state index contributed by atoms with van der Waals surface area (Å²) >= 11 is 0. The van der Waals surface area contributed by atoms with Crippen molar-refractivity contribution in [1.29, 1.82) is 0 Å². The second-order valence-electron chi connectivity index (χ2n) is 4.51. The quantitative estimate of drug-likeness (QED) is 0.749. The molecule has 0 unspecified atom stereocenters. The van der Waals surface area contributed by atoms with E-state index in [1.54, 1.807) is 4.57 Å². The zero-order valence-corrected chi connectivity index (χ0v) is 10.3. The topological polar surface area (TPSA) is 58.0 Å². The maximum absolute atomic E-state index is 11.9. The van der Waals surface area contributed by atoms with Crippen molar-refractivity contribution in [2.24, 2.45) is 0 Å². The number of nitrogens with zero attached hydrogens (tertiary/aromatic N) is 1. The monoisotopic (exact) mass is 254 g/mol. The molecule has 2 N–H and O–H groups in total. The van der Waals surface area contributed by atoms with Gasteiger partial charge >= 0.3 is 5.69 Å². The number of aromatic nitrogens is 2. The number of H-pyrrole nitrogens is 1. The van der Waals surface area contributed by atoms with Gasteiger partial charge in [-0.15, -0.1) is 0 Å². The van der Waals surface area contributed by atoms with Crippen LogP contribution in [0.5, 0.6) is 0 Å². The summed E-state index contributed by atoms with van der Waals surface area (Å²) < 4.78 is 1.71. The first kappa shape index (κ1) is 11.7. The van der Waals surface area contributed by atoms with Crippen LogP contribution in [0.2, 0.25) is 0 Å². The lowest BCUT2D eigenvalue weighted by molar-refractivity contribution is 0.282. The van der Waals surface area contributed by atoms with Crippen LogP contribution in [-0.4, -0.2) is 14.7 Å². The molecule has 0 saturated heterocycles. The first-order valence-corrected chi connectivity index (χ1v) is 6.14. The normalized spacial score (nSPS) is 11.0. The smallest absolute Gasteiger partial charge is 0.326 e. The largest absolute Gasteiger partial charge is 0.392 e. The van der Waals surface area contributed by atoms with Crippen LogP contribution in [0.1, 0.15) is 11.1 Å². The van der Waals surface area contributed by atoms with Crippen molar-refractivity contribution in [3.8, 4) is 0 Å². The molecule has 3 rings (SSSR count). The molecule has 0 radical (unpaired) electrons. The molecule has 0 atom stereocenters. The Hall–Kier alpha value is -2.33. The summed E-state index contributed by atoms with van der Waals surface area (Å²) in [6, 6.07) is 15.2. The zero-order chi connectivity index (χ0) is 13.2. The molecule has 2 aromatic carbocycles. The fourth-order valence-corrected chi connectivity index (χ4v) is 2.20. The Balaban J connectivity index is 2.00. The van der Waals surface area contributed by atoms with Crippen LogP contribution >= 0.6 is 0 Å². The van der Waals surface area contributed by atoms with E-state index >= 15 is 0 Å². The number of fused-ring (bicyclic) bond motifs is 1. The number of aliphatic hydroxyl groups is 1. The third-order valence-corrected chi connectivity index (χ3v) is 3.23. The Morgan fingerprint density at radius 1 is 1.00 bits per heavy atom. The number of aliphatic hydroxyl groups excluding tert-OH is 1. The first-order chi connectivity index (χ1) is 9.28. The Morgan fingerprint density at radius 3 is 2.42 bits per heavy atom. The minimum atomic E-state index is -0.104. The maximum Gasteiger partial charge on any atom is 0.326 e. The molecule has 4 heteroatoms. The van der Waals surface area contributed by atoms with Gasteiger partial charge in [-0.25, -0.2) is 4.79 Å². The Morgan fingerprint density at radius 2 is 1.68 bits per heavy atom. The van der Waals surface area contributed by atoms with Gasteiger partial charge in [-0.3, -0.25) is 4.57 Å². The highest BCUT2D eigenvalue weighted by atomic mass is 16.3. The first-order valence-electron chi connectivity index (χ1n) is 6.14. The second kappa shape index (κ2) is 4.74. The Labute approximate surface area is 109 Å². The van der Waals surface area contributed by atoms with E-state index in [-0.39, 0.29) is 12.3 Å². The van der Waals surface area contributed by atoms with Crippen LogP contribution in [0.3, 0.4) is 0 Å². The molecule has 0 bridgehead atoms. The molecule has 0 aliphatic heterocycles. The number of para-hydroxylation sites is 2. The zero-order valence-electron chi connectivity index (χ0n) is 10.3. The third kappa shape index (κ3) is 2.18. The van der Waals surface area contributed by atoms with E-state index in [0.29, 0.717) is 6.54 Å². The van der Waals surface area contributed by atoms with Gasteiger partial charge < -0.3 is 10.1 Å². The lowest BCUT2D eigenvalue weighted by Gasteiger charge is -2.04. The molecule has 0 fully saturated rings. The lowest BCUT2D eigenvalue weighted by Crippen LogP contribution is -2.17. The van der Waals surface area contributed by atoms with Crippen molar-refractivity contribution in [3.63, 3.8) is 0 Å². The van der Waals surface area contributed by atoms with E-state index in [1.165, 1.54) is 0 Å². The Kier molecular flexibility index (Phi) is 2.93. The molecule has 0 aliphatic rings. The molecule has 4 nitrogen and oxygen atoms in total. The minimum Gasteiger partial charge on any atom is -0.392 e. The highest BCUT2D eigenvalue weighted by Crippen LogP contribution is 2.12. The number of imidazole rings is 1. The van der Waals surface area contributed by atoms with Crippen molar-refractivity contribution in [3.05, 3.63) is 70.1 Å². The van der Waals surface area contributed by atoms with E-state index in [0.717, 1.165) is 22.2 Å². The van der Waals surface area contributed by atoms with E-state index in [2.05, 4.69) is 4.98 Å². The number of rotatable bonds is 3. The van der Waals surface area contributed by atoms with Crippen LogP contribution in [0.25, 0.3) is 11.0 Å². The molecule has 3 aromatic rings. The summed E-state index contributed by atoms with van der Waals surface area (Å²) in [7, 11) is 0. The standard InChI is InChI=1S/C15H14N2O2/c18-10-12-7-5-11(6-8-12)9-17-14-4-2-1-3-13(14)16-15(17)19/h1-8,18H,9-10H2,(H,16,19). The summed E-state index contributed by atoms with van der Waals surface area (Å²) in [4.78, 5) is 14.8. The highest BCUT2D eigenvalue weighted by Gasteiger charge is 2.06. The lowest BCUT2D eigenvalue weighted by atomic mass is 10.1. The number of benzene rings is 2. The van der Waals surface area contributed by atoms with Gasteiger partial charge in [0.15, 0.2) is 0 Å². The van der Waals surface area contributed by atoms with E-state index in [9.17, 15) is 4.79 Å².